The van der Waals surface area contributed by atoms with Crippen LogP contribution in [0.5, 0.6) is 5.75 Å². The number of hydrogen-bond acceptors (Lipinski definition) is 3. The lowest BCUT2D eigenvalue weighted by Crippen LogP contribution is -2.11. The van der Waals surface area contributed by atoms with Crippen LogP contribution in [0.25, 0.3) is 0 Å². The molecule has 13 heavy (non-hydrogen) atoms. The molecule has 3 nitrogen and oxygen atoms in total. The first-order valence-electron chi connectivity index (χ1n) is 4.64. The van der Waals surface area contributed by atoms with E-state index >= 15 is 0 Å². The predicted molar refractivity (Wildman–Crippen MR) is 52.4 cm³/mol. The average molecular weight is 180 g/mol. The lowest BCUT2D eigenvalue weighted by atomic mass is 10.1. The molecule has 0 aromatic carbocycles. The zero-order valence-corrected chi connectivity index (χ0v) is 7.90. The van der Waals surface area contributed by atoms with E-state index in [9.17, 15) is 0 Å². The maximum absolute atomic E-state index is 9.01. The first-order valence-corrected chi connectivity index (χ1v) is 4.64. The van der Waals surface area contributed by atoms with E-state index in [4.69, 9.17) is 10.8 Å². The molecule has 72 valence electrons. The summed E-state index contributed by atoms with van der Waals surface area (Å²) in [5.41, 5.74) is 6.74. The lowest BCUT2D eigenvalue weighted by Gasteiger charge is -2.09. The van der Waals surface area contributed by atoms with Crippen LogP contribution in [-0.2, 0) is 0 Å². The summed E-state index contributed by atoms with van der Waals surface area (Å²) in [5, 5.41) is 9.01. The molecule has 3 heteroatoms. The molecule has 1 aromatic heterocycles. The predicted octanol–water partition coefficient (Wildman–Crippen LogP) is 1.98. The largest absolute Gasteiger partial charge is 0.506 e. The standard InChI is InChI=1S/C10H16N2O/c1-2-3-4-9(11)10-6-5-8(13)7-12-10/h5-7,9,13H,2-4,11H2,1H3. The molecule has 3 N–H and O–H groups in total. The van der Waals surface area contributed by atoms with E-state index in [1.807, 2.05) is 0 Å². The van der Waals surface area contributed by atoms with Crippen LogP contribution < -0.4 is 5.73 Å². The van der Waals surface area contributed by atoms with Gasteiger partial charge in [0.05, 0.1) is 11.9 Å². The van der Waals surface area contributed by atoms with Gasteiger partial charge in [-0.25, -0.2) is 0 Å². The van der Waals surface area contributed by atoms with Crippen molar-refractivity contribution in [2.75, 3.05) is 0 Å². The van der Waals surface area contributed by atoms with Crippen molar-refractivity contribution in [1.29, 1.82) is 0 Å². The highest BCUT2D eigenvalue weighted by Crippen LogP contribution is 2.16. The Morgan fingerprint density at radius 1 is 1.54 bits per heavy atom. The summed E-state index contributed by atoms with van der Waals surface area (Å²) < 4.78 is 0. The third kappa shape index (κ3) is 3.03. The summed E-state index contributed by atoms with van der Waals surface area (Å²) in [4.78, 5) is 4.06. The van der Waals surface area contributed by atoms with Crippen LogP contribution in [0, 0.1) is 0 Å². The number of nitrogens with two attached hydrogens (primary N) is 1. The minimum absolute atomic E-state index is 0.000509. The number of pyridine rings is 1. The average Bonchev–Trinajstić information content (AvgIpc) is 2.15. The molecule has 0 aliphatic heterocycles. The molecule has 1 aromatic rings. The van der Waals surface area contributed by atoms with Crippen LogP contribution >= 0.6 is 0 Å². The smallest absolute Gasteiger partial charge is 0.133 e. The molecule has 0 amide bonds. The van der Waals surface area contributed by atoms with E-state index in [1.165, 1.54) is 6.20 Å². The van der Waals surface area contributed by atoms with Crippen LogP contribution in [-0.4, -0.2) is 10.1 Å². The fourth-order valence-electron chi connectivity index (χ4n) is 1.19. The van der Waals surface area contributed by atoms with Crippen molar-refractivity contribution in [3.05, 3.63) is 24.0 Å². The topological polar surface area (TPSA) is 59.1 Å². The number of aromatic hydroxyl groups is 1. The minimum atomic E-state index is 0.000509. The quantitative estimate of drug-likeness (QED) is 0.744. The van der Waals surface area contributed by atoms with Gasteiger partial charge in [-0.3, -0.25) is 4.98 Å². The molecule has 0 saturated heterocycles. The summed E-state index contributed by atoms with van der Waals surface area (Å²) in [6, 6.07) is 3.39. The molecule has 0 radical (unpaired) electrons. The van der Waals surface area contributed by atoms with E-state index in [0.29, 0.717) is 0 Å². The number of aromatic nitrogens is 1. The molecule has 1 atom stereocenters. The van der Waals surface area contributed by atoms with Gasteiger partial charge in [0, 0.05) is 6.04 Å². The third-order valence-corrected chi connectivity index (χ3v) is 2.02. The highest BCUT2D eigenvalue weighted by Gasteiger charge is 2.05. The maximum atomic E-state index is 9.01. The molecule has 1 unspecified atom stereocenters. The van der Waals surface area contributed by atoms with Crippen molar-refractivity contribution in [2.45, 2.75) is 32.2 Å². The van der Waals surface area contributed by atoms with Crippen LogP contribution in [0.15, 0.2) is 18.3 Å². The van der Waals surface area contributed by atoms with Crippen molar-refractivity contribution in [2.24, 2.45) is 5.73 Å². The van der Waals surface area contributed by atoms with Crippen molar-refractivity contribution in [1.82, 2.24) is 4.98 Å². The first-order chi connectivity index (χ1) is 6.24. The van der Waals surface area contributed by atoms with Gasteiger partial charge in [0.15, 0.2) is 0 Å². The molecule has 0 aliphatic carbocycles. The molecule has 0 spiro atoms. The lowest BCUT2D eigenvalue weighted by molar-refractivity contribution is 0.471. The van der Waals surface area contributed by atoms with E-state index in [-0.39, 0.29) is 11.8 Å². The number of hydrogen-bond donors (Lipinski definition) is 2. The third-order valence-electron chi connectivity index (χ3n) is 2.02. The van der Waals surface area contributed by atoms with Gasteiger partial charge in [-0.2, -0.15) is 0 Å². The van der Waals surface area contributed by atoms with Crippen molar-refractivity contribution in [3.63, 3.8) is 0 Å². The molecule has 0 bridgehead atoms. The Balaban J connectivity index is 2.55. The van der Waals surface area contributed by atoms with E-state index in [0.717, 1.165) is 25.0 Å². The first kappa shape index (κ1) is 9.99. The Hall–Kier alpha value is -1.09. The second kappa shape index (κ2) is 4.82. The zero-order valence-electron chi connectivity index (χ0n) is 7.90. The Bertz CT molecular complexity index is 246. The van der Waals surface area contributed by atoms with E-state index in [2.05, 4.69) is 11.9 Å². The normalized spacial score (nSPS) is 12.8. The summed E-state index contributed by atoms with van der Waals surface area (Å²) in [6.45, 7) is 2.14. The van der Waals surface area contributed by atoms with Crippen molar-refractivity contribution in [3.8, 4) is 5.75 Å². The highest BCUT2D eigenvalue weighted by atomic mass is 16.3. The Morgan fingerprint density at radius 3 is 2.85 bits per heavy atom. The Morgan fingerprint density at radius 2 is 2.31 bits per heavy atom. The van der Waals surface area contributed by atoms with Gasteiger partial charge in [0.2, 0.25) is 0 Å². The summed E-state index contributed by atoms with van der Waals surface area (Å²) >= 11 is 0. The maximum Gasteiger partial charge on any atom is 0.133 e. The van der Waals surface area contributed by atoms with Crippen LogP contribution in [0.1, 0.15) is 37.9 Å². The van der Waals surface area contributed by atoms with Crippen LogP contribution in [0.4, 0.5) is 0 Å². The van der Waals surface area contributed by atoms with E-state index < -0.39 is 0 Å². The number of rotatable bonds is 4. The second-order valence-electron chi connectivity index (χ2n) is 3.19. The monoisotopic (exact) mass is 180 g/mol. The summed E-state index contributed by atoms with van der Waals surface area (Å²) in [6.07, 6.45) is 4.64. The fraction of sp³-hybridized carbons (Fsp3) is 0.500. The fourth-order valence-corrected chi connectivity index (χ4v) is 1.19. The molecule has 0 fully saturated rings. The highest BCUT2D eigenvalue weighted by molar-refractivity contribution is 5.19. The number of unbranched alkanes of at least 4 members (excludes halogenated alkanes) is 1. The Labute approximate surface area is 78.6 Å². The molecular weight excluding hydrogens is 164 g/mol. The van der Waals surface area contributed by atoms with Gasteiger partial charge >= 0.3 is 0 Å². The number of nitrogens with zero attached hydrogens (tertiary/aromatic N) is 1. The van der Waals surface area contributed by atoms with Gasteiger partial charge in [0.25, 0.3) is 0 Å². The second-order valence-corrected chi connectivity index (χ2v) is 3.19. The van der Waals surface area contributed by atoms with Gasteiger partial charge in [0.1, 0.15) is 5.75 Å². The summed E-state index contributed by atoms with van der Waals surface area (Å²) in [7, 11) is 0. The molecule has 1 heterocycles. The molecule has 0 saturated carbocycles. The van der Waals surface area contributed by atoms with Crippen LogP contribution in [0.2, 0.25) is 0 Å². The molecule has 0 aliphatic rings. The molecule has 1 rings (SSSR count). The minimum Gasteiger partial charge on any atom is -0.506 e. The SMILES string of the molecule is CCCCC(N)c1ccc(O)cn1. The van der Waals surface area contributed by atoms with Gasteiger partial charge < -0.3 is 10.8 Å². The van der Waals surface area contributed by atoms with Crippen molar-refractivity contribution < 1.29 is 5.11 Å². The summed E-state index contributed by atoms with van der Waals surface area (Å²) in [5.74, 6) is 0.187. The zero-order chi connectivity index (χ0) is 9.68. The molecular formula is C10H16N2O. The van der Waals surface area contributed by atoms with Gasteiger partial charge in [-0.05, 0) is 18.6 Å². The van der Waals surface area contributed by atoms with Gasteiger partial charge in [-0.15, -0.1) is 0 Å². The van der Waals surface area contributed by atoms with Gasteiger partial charge in [-0.1, -0.05) is 19.8 Å². The van der Waals surface area contributed by atoms with Crippen LogP contribution in [0.3, 0.4) is 0 Å². The van der Waals surface area contributed by atoms with Crippen molar-refractivity contribution >= 4 is 0 Å². The van der Waals surface area contributed by atoms with E-state index in [1.54, 1.807) is 12.1 Å². The Kier molecular flexibility index (Phi) is 3.71.